The summed E-state index contributed by atoms with van der Waals surface area (Å²) in [5, 5.41) is 12.8. The average molecular weight is 462 g/mol. The topological polar surface area (TPSA) is 95.9 Å². The number of halogens is 2. The van der Waals surface area contributed by atoms with Gasteiger partial charge in [0.15, 0.2) is 11.8 Å². The number of amides is 1. The van der Waals surface area contributed by atoms with Crippen LogP contribution in [-0.4, -0.2) is 47.2 Å². The van der Waals surface area contributed by atoms with Crippen LogP contribution in [0.1, 0.15) is 44.5 Å². The molecule has 1 aliphatic heterocycles. The summed E-state index contributed by atoms with van der Waals surface area (Å²) in [5.74, 6) is -1.17. The molecule has 0 aliphatic carbocycles. The molecule has 2 rings (SSSR count). The maximum atomic E-state index is 12.2. The fourth-order valence-electron chi connectivity index (χ4n) is 3.21. The van der Waals surface area contributed by atoms with Crippen molar-refractivity contribution in [1.29, 1.82) is 0 Å². The van der Waals surface area contributed by atoms with Crippen molar-refractivity contribution in [3.63, 3.8) is 0 Å². The lowest BCUT2D eigenvalue weighted by Gasteiger charge is -2.35. The van der Waals surface area contributed by atoms with Crippen molar-refractivity contribution in [2.24, 2.45) is 0 Å². The zero-order chi connectivity index (χ0) is 20.6. The Balaban J connectivity index is 2.40. The number of carbonyl (C=O) groups is 3. The molecular weight excluding hydrogens is 440 g/mol. The van der Waals surface area contributed by atoms with E-state index in [-0.39, 0.29) is 6.42 Å². The van der Waals surface area contributed by atoms with Crippen LogP contribution in [0.5, 0.6) is 0 Å². The number of alkyl carbamates (subject to hydrolysis) is 1. The first kappa shape index (κ1) is 21.5. The Morgan fingerprint density at radius 3 is 2.59 bits per heavy atom. The van der Waals surface area contributed by atoms with Gasteiger partial charge in [0.1, 0.15) is 5.60 Å². The van der Waals surface area contributed by atoms with E-state index in [1.165, 1.54) is 0 Å². The highest BCUT2D eigenvalue weighted by Gasteiger charge is 2.53. The van der Waals surface area contributed by atoms with Crippen molar-refractivity contribution >= 4 is 51.6 Å². The number of carboxylic acid groups (broad SMARTS) is 1. The van der Waals surface area contributed by atoms with Crippen LogP contribution in [0.25, 0.3) is 0 Å². The third kappa shape index (κ3) is 4.38. The Morgan fingerprint density at radius 1 is 1.44 bits per heavy atom. The van der Waals surface area contributed by atoms with Crippen molar-refractivity contribution in [2.45, 2.75) is 51.3 Å². The van der Waals surface area contributed by atoms with Crippen LogP contribution in [-0.2, 0) is 9.53 Å². The van der Waals surface area contributed by atoms with Gasteiger partial charge in [0, 0.05) is 22.5 Å². The van der Waals surface area contributed by atoms with E-state index in [9.17, 15) is 19.5 Å². The lowest BCUT2D eigenvalue weighted by Crippen LogP contribution is -2.61. The number of anilines is 1. The SMILES string of the molecule is CC1N(c2cc(Cl)cc(Br)c2C=O)CCC1(NC(=O)OC(C)(C)C)C(=O)O. The number of nitrogens with zero attached hydrogens (tertiary/aromatic N) is 1. The second-order valence-corrected chi connectivity index (χ2v) is 8.75. The van der Waals surface area contributed by atoms with Crippen LogP contribution in [0.3, 0.4) is 0 Å². The molecule has 2 N–H and O–H groups in total. The Hall–Kier alpha value is -1.80. The molecule has 1 aliphatic rings. The number of carboxylic acids is 1. The number of aldehydes is 1. The highest BCUT2D eigenvalue weighted by Crippen LogP contribution is 2.38. The van der Waals surface area contributed by atoms with Gasteiger partial charge in [-0.15, -0.1) is 0 Å². The summed E-state index contributed by atoms with van der Waals surface area (Å²) in [6, 6.07) is 2.56. The normalized spacial score (nSPS) is 22.4. The molecule has 0 spiro atoms. The van der Waals surface area contributed by atoms with Gasteiger partial charge in [-0.25, -0.2) is 9.59 Å². The van der Waals surface area contributed by atoms with Crippen LogP contribution in [0.4, 0.5) is 10.5 Å². The van der Waals surface area contributed by atoms with E-state index in [0.717, 1.165) is 0 Å². The van der Waals surface area contributed by atoms with Crippen molar-refractivity contribution in [1.82, 2.24) is 5.32 Å². The summed E-state index contributed by atoms with van der Waals surface area (Å²) >= 11 is 9.42. The van der Waals surface area contributed by atoms with Crippen molar-refractivity contribution < 1.29 is 24.2 Å². The van der Waals surface area contributed by atoms with Gasteiger partial charge in [-0.2, -0.15) is 0 Å². The minimum atomic E-state index is -1.56. The van der Waals surface area contributed by atoms with E-state index in [1.54, 1.807) is 44.7 Å². The second kappa shape index (κ2) is 7.67. The second-order valence-electron chi connectivity index (χ2n) is 7.46. The van der Waals surface area contributed by atoms with Crippen LogP contribution in [0.15, 0.2) is 16.6 Å². The quantitative estimate of drug-likeness (QED) is 0.661. The molecule has 0 radical (unpaired) electrons. The number of aliphatic carboxylic acids is 1. The maximum Gasteiger partial charge on any atom is 0.408 e. The lowest BCUT2D eigenvalue weighted by atomic mass is 9.91. The standard InChI is InChI=1S/C18H22BrClN2O5/c1-10-18(15(24)25,21-16(26)27-17(2,3)4)5-6-22(10)14-8-11(20)7-13(19)12(14)9-23/h7-10H,5-6H2,1-4H3,(H,21,26)(H,24,25). The first-order chi connectivity index (χ1) is 12.4. The van der Waals surface area contributed by atoms with Crippen LogP contribution < -0.4 is 10.2 Å². The number of hydrogen-bond acceptors (Lipinski definition) is 5. The highest BCUT2D eigenvalue weighted by molar-refractivity contribution is 9.10. The van der Waals surface area contributed by atoms with Gasteiger partial charge in [-0.3, -0.25) is 4.79 Å². The fraction of sp³-hybridized carbons (Fsp3) is 0.500. The number of nitrogens with one attached hydrogen (secondary N) is 1. The summed E-state index contributed by atoms with van der Waals surface area (Å²) in [6.07, 6.45) is 0.0249. The smallest absolute Gasteiger partial charge is 0.408 e. The van der Waals surface area contributed by atoms with E-state index >= 15 is 0 Å². The Bertz CT molecular complexity index is 780. The minimum absolute atomic E-state index is 0.144. The minimum Gasteiger partial charge on any atom is -0.479 e. The molecule has 1 aromatic rings. The fourth-order valence-corrected chi connectivity index (χ4v) is 4.10. The zero-order valence-electron chi connectivity index (χ0n) is 15.5. The van der Waals surface area contributed by atoms with Gasteiger partial charge in [0.25, 0.3) is 0 Å². The monoisotopic (exact) mass is 460 g/mol. The third-order valence-corrected chi connectivity index (χ3v) is 5.41. The highest BCUT2D eigenvalue weighted by atomic mass is 79.9. The molecule has 9 heteroatoms. The first-order valence-corrected chi connectivity index (χ1v) is 9.54. The third-order valence-electron chi connectivity index (χ3n) is 4.53. The van der Waals surface area contributed by atoms with Crippen molar-refractivity contribution in [3.8, 4) is 0 Å². The summed E-state index contributed by atoms with van der Waals surface area (Å²) in [6.45, 7) is 7.09. The largest absolute Gasteiger partial charge is 0.479 e. The molecule has 0 saturated carbocycles. The molecule has 27 heavy (non-hydrogen) atoms. The molecule has 7 nitrogen and oxygen atoms in total. The number of hydrogen-bond donors (Lipinski definition) is 2. The van der Waals surface area contributed by atoms with E-state index in [2.05, 4.69) is 21.2 Å². The average Bonchev–Trinajstić information content (AvgIpc) is 2.82. The Morgan fingerprint density at radius 2 is 2.07 bits per heavy atom. The number of carbonyl (C=O) groups excluding carboxylic acids is 2. The molecule has 1 heterocycles. The number of benzene rings is 1. The van der Waals surface area contributed by atoms with E-state index in [1.807, 2.05) is 0 Å². The van der Waals surface area contributed by atoms with Crippen LogP contribution in [0, 0.1) is 0 Å². The molecule has 2 atom stereocenters. The summed E-state index contributed by atoms with van der Waals surface area (Å²) in [4.78, 5) is 37.6. The van der Waals surface area contributed by atoms with Gasteiger partial charge >= 0.3 is 12.1 Å². The van der Waals surface area contributed by atoms with Gasteiger partial charge in [0.2, 0.25) is 0 Å². The van der Waals surface area contributed by atoms with Gasteiger partial charge in [0.05, 0.1) is 17.3 Å². The molecule has 148 valence electrons. The summed E-state index contributed by atoms with van der Waals surface area (Å²) < 4.78 is 5.74. The molecule has 1 amide bonds. The summed E-state index contributed by atoms with van der Waals surface area (Å²) in [5.41, 5.74) is -1.44. The molecule has 1 saturated heterocycles. The van der Waals surface area contributed by atoms with Crippen LogP contribution in [0.2, 0.25) is 5.02 Å². The summed E-state index contributed by atoms with van der Waals surface area (Å²) in [7, 11) is 0. The predicted molar refractivity (Wildman–Crippen MR) is 106 cm³/mol. The van der Waals surface area contributed by atoms with Crippen molar-refractivity contribution in [2.75, 3.05) is 11.4 Å². The number of rotatable bonds is 4. The molecular formula is C18H22BrClN2O5. The molecule has 0 bridgehead atoms. The van der Waals surface area contributed by atoms with E-state index in [4.69, 9.17) is 16.3 Å². The Labute approximate surface area is 171 Å². The molecule has 2 unspecified atom stereocenters. The maximum absolute atomic E-state index is 12.2. The first-order valence-electron chi connectivity index (χ1n) is 8.36. The lowest BCUT2D eigenvalue weighted by molar-refractivity contribution is -0.145. The van der Waals surface area contributed by atoms with Crippen LogP contribution >= 0.6 is 27.5 Å². The van der Waals surface area contributed by atoms with Gasteiger partial charge in [-0.1, -0.05) is 11.6 Å². The van der Waals surface area contributed by atoms with Gasteiger partial charge < -0.3 is 20.1 Å². The van der Waals surface area contributed by atoms with Gasteiger partial charge in [-0.05, 0) is 55.8 Å². The molecule has 0 aromatic heterocycles. The van der Waals surface area contributed by atoms with E-state index in [0.29, 0.717) is 33.6 Å². The predicted octanol–water partition coefficient (Wildman–Crippen LogP) is 3.86. The molecule has 1 fully saturated rings. The Kier molecular flexibility index (Phi) is 6.11. The van der Waals surface area contributed by atoms with E-state index < -0.39 is 29.2 Å². The zero-order valence-corrected chi connectivity index (χ0v) is 17.8. The number of ether oxygens (including phenoxy) is 1. The van der Waals surface area contributed by atoms with Crippen molar-refractivity contribution in [3.05, 3.63) is 27.2 Å². The molecule has 1 aromatic carbocycles.